The minimum absolute atomic E-state index is 0.0409. The van der Waals surface area contributed by atoms with Crippen molar-refractivity contribution < 1.29 is 9.53 Å². The lowest BCUT2D eigenvalue weighted by Crippen LogP contribution is -2.13. The molecule has 2 N–H and O–H groups in total. The molecule has 1 heterocycles. The number of nitrogens with one attached hydrogen (secondary N) is 2. The third kappa shape index (κ3) is 4.02. The van der Waals surface area contributed by atoms with Gasteiger partial charge in [0.1, 0.15) is 17.4 Å². The zero-order valence-electron chi connectivity index (χ0n) is 16.6. The van der Waals surface area contributed by atoms with Crippen LogP contribution in [0.3, 0.4) is 0 Å². The number of methoxy groups -OCH3 is 1. The number of aromatic nitrogens is 1. The highest BCUT2D eigenvalue weighted by Gasteiger charge is 2.18. The summed E-state index contributed by atoms with van der Waals surface area (Å²) in [4.78, 5) is 16.2. The molecule has 0 unspecified atom stereocenters. The van der Waals surface area contributed by atoms with Gasteiger partial charge in [0.15, 0.2) is 0 Å². The molecule has 3 aromatic carbocycles. The van der Waals surface area contributed by atoms with Crippen molar-refractivity contribution in [2.24, 2.45) is 0 Å². The van der Waals surface area contributed by atoms with Gasteiger partial charge in [0.05, 0.1) is 29.0 Å². The smallest absolute Gasteiger partial charge is 0.266 e. The molecule has 0 spiro atoms. The van der Waals surface area contributed by atoms with Crippen molar-refractivity contribution in [2.75, 3.05) is 12.4 Å². The molecule has 0 aliphatic carbocycles. The highest BCUT2D eigenvalue weighted by atomic mass is 35.5. The molecule has 5 nitrogen and oxygen atoms in total. The summed E-state index contributed by atoms with van der Waals surface area (Å²) in [6.07, 6.45) is 1.59. The van der Waals surface area contributed by atoms with E-state index in [-0.39, 0.29) is 5.57 Å². The molecule has 0 aliphatic rings. The van der Waals surface area contributed by atoms with Gasteiger partial charge in [-0.1, -0.05) is 66.2 Å². The number of para-hydroxylation sites is 2. The zero-order valence-corrected chi connectivity index (χ0v) is 17.4. The number of H-pyrrole nitrogens is 1. The van der Waals surface area contributed by atoms with Crippen molar-refractivity contribution in [2.45, 2.75) is 0 Å². The Labute approximate surface area is 184 Å². The van der Waals surface area contributed by atoms with Gasteiger partial charge in [-0.05, 0) is 29.8 Å². The summed E-state index contributed by atoms with van der Waals surface area (Å²) in [6.45, 7) is 0. The topological polar surface area (TPSA) is 77.9 Å². The maximum Gasteiger partial charge on any atom is 0.266 e. The van der Waals surface area contributed by atoms with Gasteiger partial charge < -0.3 is 15.0 Å². The highest BCUT2D eigenvalue weighted by Crippen LogP contribution is 2.36. The lowest BCUT2D eigenvalue weighted by Gasteiger charge is -2.07. The van der Waals surface area contributed by atoms with Crippen LogP contribution in [-0.2, 0) is 4.79 Å². The van der Waals surface area contributed by atoms with Crippen molar-refractivity contribution in [3.63, 3.8) is 0 Å². The number of anilines is 1. The predicted molar refractivity (Wildman–Crippen MR) is 124 cm³/mol. The van der Waals surface area contributed by atoms with Crippen molar-refractivity contribution in [1.29, 1.82) is 5.26 Å². The molecule has 0 radical (unpaired) electrons. The van der Waals surface area contributed by atoms with Crippen molar-refractivity contribution in [1.82, 2.24) is 4.98 Å². The second-order valence-electron chi connectivity index (χ2n) is 6.77. The van der Waals surface area contributed by atoms with Crippen LogP contribution in [0.1, 0.15) is 5.56 Å². The number of benzene rings is 3. The summed E-state index contributed by atoms with van der Waals surface area (Å²) in [5.74, 6) is 0.139. The van der Waals surface area contributed by atoms with Crippen molar-refractivity contribution in [3.8, 4) is 23.1 Å². The Balaban J connectivity index is 1.85. The summed E-state index contributed by atoms with van der Waals surface area (Å²) in [5.41, 5.74) is 3.64. The van der Waals surface area contributed by atoms with Gasteiger partial charge in [-0.3, -0.25) is 4.79 Å². The van der Waals surface area contributed by atoms with Gasteiger partial charge in [-0.2, -0.15) is 5.26 Å². The first-order valence-corrected chi connectivity index (χ1v) is 9.92. The number of nitriles is 1. The molecular formula is C25H18ClN3O2. The summed E-state index contributed by atoms with van der Waals surface area (Å²) < 4.78 is 5.49. The monoisotopic (exact) mass is 427 g/mol. The summed E-state index contributed by atoms with van der Waals surface area (Å²) in [6, 6.07) is 24.3. The second kappa shape index (κ2) is 8.78. The van der Waals surface area contributed by atoms with Gasteiger partial charge in [0.2, 0.25) is 0 Å². The van der Waals surface area contributed by atoms with Crippen LogP contribution in [-0.4, -0.2) is 18.0 Å². The lowest BCUT2D eigenvalue weighted by atomic mass is 10.0. The number of halogens is 1. The number of carbonyl (C=O) groups excluding carboxylic acids is 1. The molecule has 4 rings (SSSR count). The molecule has 0 saturated carbocycles. The molecular weight excluding hydrogens is 410 g/mol. The second-order valence-corrected chi connectivity index (χ2v) is 7.17. The van der Waals surface area contributed by atoms with Crippen LogP contribution in [0.25, 0.3) is 28.2 Å². The molecule has 152 valence electrons. The number of hydrogen-bond acceptors (Lipinski definition) is 3. The lowest BCUT2D eigenvalue weighted by molar-refractivity contribution is -0.112. The van der Waals surface area contributed by atoms with E-state index in [1.807, 2.05) is 54.6 Å². The Morgan fingerprint density at radius 1 is 1.06 bits per heavy atom. The molecule has 1 amide bonds. The van der Waals surface area contributed by atoms with E-state index < -0.39 is 5.91 Å². The Bertz CT molecular complexity index is 1330. The van der Waals surface area contributed by atoms with E-state index >= 15 is 0 Å². The van der Waals surface area contributed by atoms with Crippen LogP contribution >= 0.6 is 11.6 Å². The Hall–Kier alpha value is -4.01. The maximum absolute atomic E-state index is 12.8. The first kappa shape index (κ1) is 20.3. The van der Waals surface area contributed by atoms with Crippen LogP contribution in [0.2, 0.25) is 5.02 Å². The Kier molecular flexibility index (Phi) is 5.74. The number of nitrogens with zero attached hydrogens (tertiary/aromatic N) is 1. The fraction of sp³-hybridized carbons (Fsp3) is 0.0400. The van der Waals surface area contributed by atoms with Crippen molar-refractivity contribution in [3.05, 3.63) is 89.0 Å². The average molecular weight is 428 g/mol. The van der Waals surface area contributed by atoms with E-state index in [1.54, 1.807) is 37.5 Å². The molecule has 6 heteroatoms. The minimum atomic E-state index is -0.535. The highest BCUT2D eigenvalue weighted by molar-refractivity contribution is 6.34. The van der Waals surface area contributed by atoms with Gasteiger partial charge in [-0.15, -0.1) is 0 Å². The van der Waals surface area contributed by atoms with Gasteiger partial charge in [0, 0.05) is 10.9 Å². The molecule has 0 saturated heterocycles. The van der Waals surface area contributed by atoms with Crippen LogP contribution in [0.15, 0.2) is 78.4 Å². The maximum atomic E-state index is 12.8. The van der Waals surface area contributed by atoms with Crippen LogP contribution < -0.4 is 10.1 Å². The van der Waals surface area contributed by atoms with Crippen LogP contribution in [0.5, 0.6) is 5.75 Å². The van der Waals surface area contributed by atoms with Crippen LogP contribution in [0, 0.1) is 11.3 Å². The summed E-state index contributed by atoms with van der Waals surface area (Å²) in [5, 5.41) is 13.7. The first-order valence-electron chi connectivity index (χ1n) is 9.54. The summed E-state index contributed by atoms with van der Waals surface area (Å²) >= 11 is 6.14. The molecule has 1 aromatic heterocycles. The quantitative estimate of drug-likeness (QED) is 0.301. The van der Waals surface area contributed by atoms with E-state index in [0.717, 1.165) is 27.7 Å². The fourth-order valence-electron chi connectivity index (χ4n) is 3.41. The molecule has 4 aromatic rings. The van der Waals surface area contributed by atoms with Gasteiger partial charge in [-0.25, -0.2) is 0 Å². The fourth-order valence-corrected chi connectivity index (χ4v) is 3.59. The molecule has 0 aliphatic heterocycles. The van der Waals surface area contributed by atoms with E-state index in [0.29, 0.717) is 16.5 Å². The molecule has 0 atom stereocenters. The average Bonchev–Trinajstić information content (AvgIpc) is 3.18. The third-order valence-electron chi connectivity index (χ3n) is 4.89. The number of aromatic amines is 1. The first-order chi connectivity index (χ1) is 15.1. The molecule has 0 bridgehead atoms. The van der Waals surface area contributed by atoms with Gasteiger partial charge in [0.25, 0.3) is 5.91 Å². The number of fused-ring (bicyclic) bond motifs is 1. The number of ether oxygens (including phenoxy) is 1. The largest absolute Gasteiger partial charge is 0.495 e. The molecule has 0 fully saturated rings. The van der Waals surface area contributed by atoms with E-state index in [1.165, 1.54) is 0 Å². The standard InChI is InChI=1S/C25H18ClN3O2/c1-31-22-13-7-10-18-19(23(29-24(18)22)16-8-3-2-4-9-16)14-17(15-27)25(30)28-21-12-6-5-11-20(21)26/h2-14,29H,1H3,(H,28,30)/b17-14+. The predicted octanol–water partition coefficient (Wildman–Crippen LogP) is 6.04. The van der Waals surface area contributed by atoms with E-state index in [4.69, 9.17) is 16.3 Å². The Morgan fingerprint density at radius 2 is 1.81 bits per heavy atom. The van der Waals surface area contributed by atoms with E-state index in [2.05, 4.69) is 10.3 Å². The SMILES string of the molecule is COc1cccc2c(/C=C(\C#N)C(=O)Nc3ccccc3Cl)c(-c3ccccc3)[nH]c12. The van der Waals surface area contributed by atoms with E-state index in [9.17, 15) is 10.1 Å². The summed E-state index contributed by atoms with van der Waals surface area (Å²) in [7, 11) is 1.60. The molecule has 31 heavy (non-hydrogen) atoms. The number of hydrogen-bond donors (Lipinski definition) is 2. The third-order valence-corrected chi connectivity index (χ3v) is 5.22. The normalized spacial score (nSPS) is 11.2. The minimum Gasteiger partial charge on any atom is -0.495 e. The van der Waals surface area contributed by atoms with Crippen molar-refractivity contribution >= 4 is 40.2 Å². The zero-order chi connectivity index (χ0) is 21.8. The number of amides is 1. The Morgan fingerprint density at radius 3 is 2.52 bits per heavy atom. The number of rotatable bonds is 5. The van der Waals surface area contributed by atoms with Crippen LogP contribution in [0.4, 0.5) is 5.69 Å². The van der Waals surface area contributed by atoms with Gasteiger partial charge >= 0.3 is 0 Å². The number of carbonyl (C=O) groups is 1.